The van der Waals surface area contributed by atoms with E-state index in [9.17, 15) is 0 Å². The van der Waals surface area contributed by atoms with Crippen LogP contribution in [-0.4, -0.2) is 31.4 Å². The summed E-state index contributed by atoms with van der Waals surface area (Å²) in [6, 6.07) is 8.63. The van der Waals surface area contributed by atoms with Crippen LogP contribution in [0, 0.1) is 0 Å². The fourth-order valence-electron chi connectivity index (χ4n) is 3.27. The summed E-state index contributed by atoms with van der Waals surface area (Å²) in [5.41, 5.74) is 6.74. The van der Waals surface area contributed by atoms with E-state index in [0.29, 0.717) is 0 Å². The van der Waals surface area contributed by atoms with E-state index in [1.807, 2.05) is 48.3 Å². The van der Waals surface area contributed by atoms with E-state index in [1.54, 1.807) is 0 Å². The van der Waals surface area contributed by atoms with Crippen molar-refractivity contribution < 1.29 is 0 Å². The summed E-state index contributed by atoms with van der Waals surface area (Å²) in [4.78, 5) is 11.1. The lowest BCUT2D eigenvalue weighted by molar-refractivity contribution is 0.768. The van der Waals surface area contributed by atoms with Gasteiger partial charge in [-0.2, -0.15) is 5.10 Å². The molecule has 0 bridgehead atoms. The normalized spacial score (nSPS) is 11.2. The molecule has 0 amide bonds. The zero-order valence-corrected chi connectivity index (χ0v) is 15.5. The number of anilines is 2. The first-order valence-corrected chi connectivity index (χ1v) is 8.69. The van der Waals surface area contributed by atoms with Crippen LogP contribution >= 0.6 is 0 Å². The molecule has 0 saturated heterocycles. The first-order chi connectivity index (χ1) is 12.6. The highest BCUT2D eigenvalue weighted by Crippen LogP contribution is 2.31. The maximum absolute atomic E-state index is 4.59. The summed E-state index contributed by atoms with van der Waals surface area (Å²) in [7, 11) is 5.99. The molecule has 0 unspecified atom stereocenters. The van der Waals surface area contributed by atoms with E-state index in [4.69, 9.17) is 0 Å². The zero-order valence-electron chi connectivity index (χ0n) is 15.5. The Labute approximate surface area is 152 Å². The van der Waals surface area contributed by atoms with Crippen molar-refractivity contribution in [1.82, 2.24) is 24.3 Å². The van der Waals surface area contributed by atoms with Crippen LogP contribution in [0.3, 0.4) is 0 Å². The van der Waals surface area contributed by atoms with Gasteiger partial charge in [-0.15, -0.1) is 0 Å². The number of rotatable bonds is 4. The van der Waals surface area contributed by atoms with Crippen LogP contribution in [0.4, 0.5) is 11.5 Å². The average molecular weight is 346 g/mol. The van der Waals surface area contributed by atoms with Crippen molar-refractivity contribution >= 4 is 22.5 Å². The number of benzene rings is 1. The predicted octanol–water partition coefficient (Wildman–Crippen LogP) is 3.70. The SMILES string of the molecule is CCc1cc(-c2cnn(C)c2)ccc1N(C)c1cc2c(cn1)ncn2C. The van der Waals surface area contributed by atoms with Gasteiger partial charge in [0.05, 0.1) is 24.2 Å². The molecule has 6 heteroatoms. The molecule has 0 N–H and O–H groups in total. The first kappa shape index (κ1) is 16.3. The second kappa shape index (κ2) is 6.29. The molecule has 132 valence electrons. The maximum Gasteiger partial charge on any atom is 0.134 e. The lowest BCUT2D eigenvalue weighted by atomic mass is 10.0. The largest absolute Gasteiger partial charge is 0.334 e. The molecule has 0 aliphatic rings. The molecule has 4 aromatic rings. The fraction of sp³-hybridized carbons (Fsp3) is 0.250. The predicted molar refractivity (Wildman–Crippen MR) is 105 cm³/mol. The lowest BCUT2D eigenvalue weighted by Crippen LogP contribution is -2.13. The van der Waals surface area contributed by atoms with Crippen molar-refractivity contribution in [3.8, 4) is 11.1 Å². The monoisotopic (exact) mass is 346 g/mol. The Morgan fingerprint density at radius 2 is 1.88 bits per heavy atom. The zero-order chi connectivity index (χ0) is 18.3. The molecule has 4 rings (SSSR count). The Balaban J connectivity index is 1.74. The van der Waals surface area contributed by atoms with Crippen LogP contribution in [0.2, 0.25) is 0 Å². The Morgan fingerprint density at radius 1 is 1.04 bits per heavy atom. The maximum atomic E-state index is 4.59. The van der Waals surface area contributed by atoms with Crippen LogP contribution in [-0.2, 0) is 20.5 Å². The molecule has 0 aliphatic carbocycles. The van der Waals surface area contributed by atoms with E-state index >= 15 is 0 Å². The standard InChI is InChI=1S/C20H22N6/c1-5-14-8-15(16-10-23-25(3)12-16)6-7-18(14)26(4)20-9-19-17(11-21-20)22-13-24(19)2/h6-13H,5H2,1-4H3. The minimum atomic E-state index is 0.907. The molecule has 0 saturated carbocycles. The Morgan fingerprint density at radius 3 is 2.62 bits per heavy atom. The van der Waals surface area contributed by atoms with Gasteiger partial charge in [-0.1, -0.05) is 13.0 Å². The van der Waals surface area contributed by atoms with Crippen LogP contribution in [0.1, 0.15) is 12.5 Å². The highest BCUT2D eigenvalue weighted by molar-refractivity contribution is 5.79. The molecule has 6 nitrogen and oxygen atoms in total. The van der Waals surface area contributed by atoms with Gasteiger partial charge in [0.15, 0.2) is 0 Å². The molecule has 3 aromatic heterocycles. The topological polar surface area (TPSA) is 51.8 Å². The van der Waals surface area contributed by atoms with Crippen LogP contribution < -0.4 is 4.90 Å². The van der Waals surface area contributed by atoms with E-state index in [-0.39, 0.29) is 0 Å². The number of hydrogen-bond acceptors (Lipinski definition) is 4. The van der Waals surface area contributed by atoms with Crippen molar-refractivity contribution in [3.63, 3.8) is 0 Å². The minimum absolute atomic E-state index is 0.907. The van der Waals surface area contributed by atoms with Crippen molar-refractivity contribution in [3.05, 3.63) is 54.7 Å². The third-order valence-corrected chi connectivity index (χ3v) is 4.80. The molecule has 0 fully saturated rings. The molecular formula is C20H22N6. The summed E-state index contributed by atoms with van der Waals surface area (Å²) in [5, 5.41) is 4.27. The summed E-state index contributed by atoms with van der Waals surface area (Å²) in [6.07, 6.45) is 8.53. The van der Waals surface area contributed by atoms with Gasteiger partial charge in [-0.25, -0.2) is 9.97 Å². The van der Waals surface area contributed by atoms with Gasteiger partial charge in [0, 0.05) is 44.7 Å². The van der Waals surface area contributed by atoms with Gasteiger partial charge in [0.25, 0.3) is 0 Å². The third-order valence-electron chi connectivity index (χ3n) is 4.80. The van der Waals surface area contributed by atoms with E-state index < -0.39 is 0 Å². The van der Waals surface area contributed by atoms with Gasteiger partial charge in [-0.05, 0) is 29.7 Å². The van der Waals surface area contributed by atoms with Crippen LogP contribution in [0.15, 0.2) is 49.2 Å². The van der Waals surface area contributed by atoms with E-state index in [0.717, 1.165) is 34.5 Å². The highest BCUT2D eigenvalue weighted by Gasteiger charge is 2.13. The second-order valence-corrected chi connectivity index (χ2v) is 6.55. The Bertz CT molecular complexity index is 1080. The number of aryl methyl sites for hydroxylation is 3. The third kappa shape index (κ3) is 2.73. The molecule has 0 radical (unpaired) electrons. The Kier molecular flexibility index (Phi) is 3.95. The average Bonchev–Trinajstić information content (AvgIpc) is 3.26. The molecule has 26 heavy (non-hydrogen) atoms. The van der Waals surface area contributed by atoms with Gasteiger partial charge >= 0.3 is 0 Å². The van der Waals surface area contributed by atoms with Crippen molar-refractivity contribution in [2.45, 2.75) is 13.3 Å². The summed E-state index contributed by atoms with van der Waals surface area (Å²) in [5.74, 6) is 0.907. The fourth-order valence-corrected chi connectivity index (χ4v) is 3.27. The van der Waals surface area contributed by atoms with Gasteiger partial charge in [0.1, 0.15) is 11.3 Å². The van der Waals surface area contributed by atoms with Gasteiger partial charge in [-0.3, -0.25) is 4.68 Å². The second-order valence-electron chi connectivity index (χ2n) is 6.55. The highest BCUT2D eigenvalue weighted by atomic mass is 15.2. The van der Waals surface area contributed by atoms with Crippen LogP contribution in [0.25, 0.3) is 22.2 Å². The number of fused-ring (bicyclic) bond motifs is 1. The molecule has 0 spiro atoms. The van der Waals surface area contributed by atoms with Crippen molar-refractivity contribution in [1.29, 1.82) is 0 Å². The number of hydrogen-bond donors (Lipinski definition) is 0. The van der Waals surface area contributed by atoms with Gasteiger partial charge in [0.2, 0.25) is 0 Å². The van der Waals surface area contributed by atoms with Crippen molar-refractivity contribution in [2.24, 2.45) is 14.1 Å². The number of pyridine rings is 1. The molecule has 0 atom stereocenters. The smallest absolute Gasteiger partial charge is 0.134 e. The number of nitrogens with zero attached hydrogens (tertiary/aromatic N) is 6. The summed E-state index contributed by atoms with van der Waals surface area (Å²) in [6.45, 7) is 2.18. The summed E-state index contributed by atoms with van der Waals surface area (Å²) >= 11 is 0. The van der Waals surface area contributed by atoms with E-state index in [2.05, 4.69) is 58.2 Å². The van der Waals surface area contributed by atoms with Crippen molar-refractivity contribution in [2.75, 3.05) is 11.9 Å². The molecular weight excluding hydrogens is 324 g/mol. The van der Waals surface area contributed by atoms with Crippen LogP contribution in [0.5, 0.6) is 0 Å². The first-order valence-electron chi connectivity index (χ1n) is 8.69. The van der Waals surface area contributed by atoms with E-state index in [1.165, 1.54) is 11.1 Å². The Hall–Kier alpha value is -3.15. The lowest BCUT2D eigenvalue weighted by Gasteiger charge is -2.22. The number of imidazole rings is 1. The minimum Gasteiger partial charge on any atom is -0.334 e. The molecule has 1 aromatic carbocycles. The molecule has 0 aliphatic heterocycles. The summed E-state index contributed by atoms with van der Waals surface area (Å²) < 4.78 is 3.84. The molecule has 3 heterocycles. The quantitative estimate of drug-likeness (QED) is 0.565. The van der Waals surface area contributed by atoms with Gasteiger partial charge < -0.3 is 9.47 Å². The number of aromatic nitrogens is 5.